The highest BCUT2D eigenvalue weighted by atomic mass is 16.7. The molecule has 0 N–H and O–H groups in total. The van der Waals surface area contributed by atoms with E-state index in [1.807, 2.05) is 0 Å². The van der Waals surface area contributed by atoms with Gasteiger partial charge >= 0.3 is 0 Å². The fourth-order valence-electron chi connectivity index (χ4n) is 5.19. The molecule has 18 heavy (non-hydrogen) atoms. The van der Waals surface area contributed by atoms with Gasteiger partial charge in [-0.3, -0.25) is 0 Å². The van der Waals surface area contributed by atoms with Gasteiger partial charge in [0.25, 0.3) is 0 Å². The Kier molecular flexibility index (Phi) is 2.41. The monoisotopic (exact) mass is 252 g/mol. The normalized spacial score (nSPS) is 57.7. The van der Waals surface area contributed by atoms with Crippen LogP contribution in [0.2, 0.25) is 0 Å². The van der Waals surface area contributed by atoms with Crippen LogP contribution >= 0.6 is 0 Å². The van der Waals surface area contributed by atoms with E-state index in [1.54, 1.807) is 0 Å². The summed E-state index contributed by atoms with van der Waals surface area (Å²) in [5, 5.41) is 0. The molecule has 102 valence electrons. The van der Waals surface area contributed by atoms with Gasteiger partial charge in [0.15, 0.2) is 6.29 Å². The molecule has 1 spiro atoms. The molecule has 0 aromatic carbocycles. The van der Waals surface area contributed by atoms with Crippen molar-refractivity contribution in [2.45, 2.75) is 76.5 Å². The summed E-state index contributed by atoms with van der Waals surface area (Å²) >= 11 is 0. The molecular weight excluding hydrogens is 228 g/mol. The van der Waals surface area contributed by atoms with E-state index in [9.17, 15) is 0 Å². The molecule has 0 aromatic rings. The highest BCUT2D eigenvalue weighted by molar-refractivity contribution is 5.22. The predicted molar refractivity (Wildman–Crippen MR) is 67.2 cm³/mol. The zero-order chi connectivity index (χ0) is 12.4. The van der Waals surface area contributed by atoms with E-state index >= 15 is 0 Å². The molecule has 3 heteroatoms. The van der Waals surface area contributed by atoms with Gasteiger partial charge in [-0.05, 0) is 44.9 Å². The summed E-state index contributed by atoms with van der Waals surface area (Å²) in [4.78, 5) is 0. The van der Waals surface area contributed by atoms with Crippen LogP contribution in [0.3, 0.4) is 0 Å². The molecule has 4 fully saturated rings. The molecule has 0 amide bonds. The van der Waals surface area contributed by atoms with Crippen LogP contribution in [0.5, 0.6) is 0 Å². The third kappa shape index (κ3) is 1.26. The van der Waals surface area contributed by atoms with Gasteiger partial charge in [-0.1, -0.05) is 6.92 Å². The Morgan fingerprint density at radius 2 is 2.11 bits per heavy atom. The highest BCUT2D eigenvalue weighted by Crippen LogP contribution is 2.69. The summed E-state index contributed by atoms with van der Waals surface area (Å²) in [7, 11) is 0. The number of epoxide rings is 1. The number of hydrogen-bond donors (Lipinski definition) is 0. The van der Waals surface area contributed by atoms with Crippen LogP contribution in [0.4, 0.5) is 0 Å². The van der Waals surface area contributed by atoms with E-state index in [-0.39, 0.29) is 17.3 Å². The topological polar surface area (TPSA) is 31.0 Å². The van der Waals surface area contributed by atoms with Crippen LogP contribution in [-0.4, -0.2) is 30.7 Å². The molecule has 2 saturated heterocycles. The molecule has 2 aliphatic heterocycles. The molecule has 2 heterocycles. The van der Waals surface area contributed by atoms with E-state index in [0.717, 1.165) is 18.9 Å². The average molecular weight is 252 g/mol. The van der Waals surface area contributed by atoms with Crippen molar-refractivity contribution in [3.05, 3.63) is 0 Å². The quantitative estimate of drug-likeness (QED) is 0.708. The maximum atomic E-state index is 6.26. The van der Waals surface area contributed by atoms with Gasteiger partial charge in [0, 0.05) is 18.4 Å². The Balaban J connectivity index is 1.66. The molecule has 6 atom stereocenters. The minimum atomic E-state index is 0.0310. The number of rotatable bonds is 2. The van der Waals surface area contributed by atoms with E-state index in [1.165, 1.54) is 32.1 Å². The standard InChI is InChI=1S/C15H24O3/c1-3-16-13-9-10-6-7-12-15(18-12)8-4-5-11(17-13)14(10,15)2/h10-13H,3-9H2,1-2H3/t10-,11-,12-,13-,14+,15-/m1/s1. The first-order chi connectivity index (χ1) is 8.70. The Morgan fingerprint density at radius 3 is 2.94 bits per heavy atom. The Labute approximate surface area is 109 Å². The van der Waals surface area contributed by atoms with Gasteiger partial charge in [0.2, 0.25) is 0 Å². The smallest absolute Gasteiger partial charge is 0.158 e. The molecule has 2 saturated carbocycles. The summed E-state index contributed by atoms with van der Waals surface area (Å²) in [6.45, 7) is 5.24. The summed E-state index contributed by atoms with van der Waals surface area (Å²) in [5.74, 6) is 0.729. The summed E-state index contributed by atoms with van der Waals surface area (Å²) in [5.41, 5.74) is 0.428. The van der Waals surface area contributed by atoms with Crippen molar-refractivity contribution < 1.29 is 14.2 Å². The van der Waals surface area contributed by atoms with Gasteiger partial charge in [0.05, 0.1) is 12.2 Å². The third-order valence-electron chi connectivity index (χ3n) is 6.18. The van der Waals surface area contributed by atoms with Crippen molar-refractivity contribution in [1.29, 1.82) is 0 Å². The van der Waals surface area contributed by atoms with Gasteiger partial charge < -0.3 is 14.2 Å². The maximum Gasteiger partial charge on any atom is 0.158 e. The van der Waals surface area contributed by atoms with Crippen molar-refractivity contribution in [3.8, 4) is 0 Å². The van der Waals surface area contributed by atoms with Gasteiger partial charge in [0.1, 0.15) is 5.60 Å². The lowest BCUT2D eigenvalue weighted by atomic mass is 9.52. The highest BCUT2D eigenvalue weighted by Gasteiger charge is 2.75. The fraction of sp³-hybridized carbons (Fsp3) is 1.00. The first-order valence-corrected chi connectivity index (χ1v) is 7.65. The van der Waals surface area contributed by atoms with Crippen molar-refractivity contribution in [2.75, 3.05) is 6.61 Å². The predicted octanol–water partition coefficient (Wildman–Crippen LogP) is 2.88. The van der Waals surface area contributed by atoms with E-state index in [0.29, 0.717) is 12.2 Å². The molecule has 4 rings (SSSR count). The largest absolute Gasteiger partial charge is 0.365 e. The van der Waals surface area contributed by atoms with Gasteiger partial charge in [-0.25, -0.2) is 0 Å². The molecule has 0 bridgehead atoms. The Hall–Kier alpha value is -0.120. The second-order valence-corrected chi connectivity index (χ2v) is 6.69. The van der Waals surface area contributed by atoms with Crippen molar-refractivity contribution >= 4 is 0 Å². The van der Waals surface area contributed by atoms with Crippen LogP contribution < -0.4 is 0 Å². The lowest BCUT2D eigenvalue weighted by molar-refractivity contribution is -0.273. The molecule has 0 unspecified atom stereocenters. The van der Waals surface area contributed by atoms with Crippen LogP contribution in [0.25, 0.3) is 0 Å². The van der Waals surface area contributed by atoms with Crippen molar-refractivity contribution in [2.24, 2.45) is 11.3 Å². The first-order valence-electron chi connectivity index (χ1n) is 7.65. The minimum Gasteiger partial charge on any atom is -0.365 e. The second kappa shape index (κ2) is 3.71. The van der Waals surface area contributed by atoms with E-state index < -0.39 is 0 Å². The Bertz CT molecular complexity index is 348. The van der Waals surface area contributed by atoms with E-state index in [4.69, 9.17) is 14.2 Å². The Morgan fingerprint density at radius 1 is 1.22 bits per heavy atom. The van der Waals surface area contributed by atoms with Crippen LogP contribution in [-0.2, 0) is 14.2 Å². The lowest BCUT2D eigenvalue weighted by Crippen LogP contribution is -2.61. The molecule has 4 aliphatic rings. The zero-order valence-corrected chi connectivity index (χ0v) is 11.5. The molecule has 0 aromatic heterocycles. The second-order valence-electron chi connectivity index (χ2n) is 6.69. The van der Waals surface area contributed by atoms with E-state index in [2.05, 4.69) is 13.8 Å². The van der Waals surface area contributed by atoms with Crippen molar-refractivity contribution in [3.63, 3.8) is 0 Å². The summed E-state index contributed by atoms with van der Waals surface area (Å²) in [6, 6.07) is 0. The SMILES string of the molecule is CCO[C@H]1C[C@H]2CC[C@H]3O[C@]34CCC[C@@H](O1)[C@]24C. The van der Waals surface area contributed by atoms with Crippen LogP contribution in [0.15, 0.2) is 0 Å². The average Bonchev–Trinajstić information content (AvgIpc) is 3.05. The summed E-state index contributed by atoms with van der Waals surface area (Å²) in [6.07, 6.45) is 8.24. The fourth-order valence-corrected chi connectivity index (χ4v) is 5.19. The van der Waals surface area contributed by atoms with Gasteiger partial charge in [-0.2, -0.15) is 0 Å². The van der Waals surface area contributed by atoms with Crippen LogP contribution in [0.1, 0.15) is 52.4 Å². The molecule has 0 radical (unpaired) electrons. The minimum absolute atomic E-state index is 0.0310. The molecule has 3 nitrogen and oxygen atoms in total. The molecule has 2 aliphatic carbocycles. The zero-order valence-electron chi connectivity index (χ0n) is 11.5. The summed E-state index contributed by atoms with van der Waals surface area (Å²) < 4.78 is 18.2. The third-order valence-corrected chi connectivity index (χ3v) is 6.18. The van der Waals surface area contributed by atoms with Crippen LogP contribution in [0, 0.1) is 11.3 Å². The number of hydrogen-bond acceptors (Lipinski definition) is 3. The lowest BCUT2D eigenvalue weighted by Gasteiger charge is -2.57. The van der Waals surface area contributed by atoms with Gasteiger partial charge in [-0.15, -0.1) is 0 Å². The van der Waals surface area contributed by atoms with Crippen molar-refractivity contribution in [1.82, 2.24) is 0 Å². The maximum absolute atomic E-state index is 6.26. The molecular formula is C15H24O3. The first kappa shape index (κ1) is 11.7. The number of ether oxygens (including phenoxy) is 3.